The van der Waals surface area contributed by atoms with E-state index >= 15 is 0 Å². The average molecular weight is 255 g/mol. The van der Waals surface area contributed by atoms with Gasteiger partial charge in [0.2, 0.25) is 0 Å². The van der Waals surface area contributed by atoms with E-state index in [0.29, 0.717) is 11.4 Å². The second kappa shape index (κ2) is 5.16. The highest BCUT2D eigenvalue weighted by Gasteiger charge is 2.27. The molecule has 17 heavy (non-hydrogen) atoms. The summed E-state index contributed by atoms with van der Waals surface area (Å²) in [5, 5.41) is 14.3. The summed E-state index contributed by atoms with van der Waals surface area (Å²) in [5.41, 5.74) is 0.936. The summed E-state index contributed by atoms with van der Waals surface area (Å²) in [4.78, 5) is 11.4. The van der Waals surface area contributed by atoms with E-state index < -0.39 is 5.97 Å². The molecule has 0 aliphatic carbocycles. The van der Waals surface area contributed by atoms with Crippen LogP contribution in [0.25, 0.3) is 0 Å². The summed E-state index contributed by atoms with van der Waals surface area (Å²) in [7, 11) is 0. The first-order chi connectivity index (χ1) is 8.11. The van der Waals surface area contributed by atoms with Crippen LogP contribution in [-0.4, -0.2) is 29.8 Å². The molecule has 1 aromatic rings. The lowest BCUT2D eigenvalue weighted by molar-refractivity contribution is 0.0445. The lowest BCUT2D eigenvalue weighted by Crippen LogP contribution is -2.46. The molecule has 1 aromatic heterocycles. The van der Waals surface area contributed by atoms with Crippen molar-refractivity contribution in [1.82, 2.24) is 5.32 Å². The number of ether oxygens (including phenoxy) is 1. The summed E-state index contributed by atoms with van der Waals surface area (Å²) in [6.07, 6.45) is 1.94. The van der Waals surface area contributed by atoms with Crippen LogP contribution in [0, 0.1) is 0 Å². The number of carboxylic acids is 1. The van der Waals surface area contributed by atoms with Crippen molar-refractivity contribution in [3.05, 3.63) is 21.9 Å². The van der Waals surface area contributed by atoms with Crippen LogP contribution in [0.4, 0.5) is 0 Å². The normalized spacial score (nSPS) is 19.1. The smallest absolute Gasteiger partial charge is 0.346 e. The van der Waals surface area contributed by atoms with Crippen molar-refractivity contribution in [1.29, 1.82) is 0 Å². The molecule has 0 radical (unpaired) electrons. The van der Waals surface area contributed by atoms with Gasteiger partial charge in [0.1, 0.15) is 4.88 Å². The Hall–Kier alpha value is -0.910. The molecule has 0 atom stereocenters. The SMILES string of the molecule is CC1(NCc2ccsc2C(=O)O)CCOCC1. The summed E-state index contributed by atoms with van der Waals surface area (Å²) in [5.74, 6) is -0.839. The molecule has 0 bridgehead atoms. The van der Waals surface area contributed by atoms with Crippen LogP contribution >= 0.6 is 11.3 Å². The van der Waals surface area contributed by atoms with Crippen LogP contribution in [0.5, 0.6) is 0 Å². The minimum Gasteiger partial charge on any atom is -0.477 e. The Labute approximate surface area is 105 Å². The second-order valence-electron chi connectivity index (χ2n) is 4.61. The van der Waals surface area contributed by atoms with Gasteiger partial charge in [-0.1, -0.05) is 0 Å². The summed E-state index contributed by atoms with van der Waals surface area (Å²) in [6.45, 7) is 4.34. The highest BCUT2D eigenvalue weighted by molar-refractivity contribution is 7.12. The van der Waals surface area contributed by atoms with Gasteiger partial charge in [-0.3, -0.25) is 0 Å². The van der Waals surface area contributed by atoms with Gasteiger partial charge in [-0.05, 0) is 36.8 Å². The molecular formula is C12H17NO3S. The maximum atomic E-state index is 11.0. The standard InChI is InChI=1S/C12H17NO3S/c1-12(3-5-16-6-4-12)13-8-9-2-7-17-10(9)11(14)15/h2,7,13H,3-6,8H2,1H3,(H,14,15). The van der Waals surface area contributed by atoms with Crippen LogP contribution in [0.1, 0.15) is 35.0 Å². The van der Waals surface area contributed by atoms with E-state index in [4.69, 9.17) is 9.84 Å². The fraction of sp³-hybridized carbons (Fsp3) is 0.583. The molecular weight excluding hydrogens is 238 g/mol. The van der Waals surface area contributed by atoms with Gasteiger partial charge in [0.05, 0.1) is 0 Å². The predicted octanol–water partition coefficient (Wildman–Crippen LogP) is 2.11. The van der Waals surface area contributed by atoms with E-state index in [1.165, 1.54) is 11.3 Å². The first-order valence-corrected chi connectivity index (χ1v) is 6.61. The lowest BCUT2D eigenvalue weighted by Gasteiger charge is -2.34. The van der Waals surface area contributed by atoms with Gasteiger partial charge in [0.15, 0.2) is 0 Å². The molecule has 2 heterocycles. The first-order valence-electron chi connectivity index (χ1n) is 5.73. The van der Waals surface area contributed by atoms with E-state index in [2.05, 4.69) is 12.2 Å². The maximum absolute atomic E-state index is 11.0. The minimum absolute atomic E-state index is 0.0654. The van der Waals surface area contributed by atoms with Crippen molar-refractivity contribution in [3.8, 4) is 0 Å². The largest absolute Gasteiger partial charge is 0.477 e. The highest BCUT2D eigenvalue weighted by Crippen LogP contribution is 2.22. The minimum atomic E-state index is -0.839. The fourth-order valence-corrected chi connectivity index (χ4v) is 2.73. The lowest BCUT2D eigenvalue weighted by atomic mass is 9.92. The van der Waals surface area contributed by atoms with Crippen molar-refractivity contribution in [2.24, 2.45) is 0 Å². The third kappa shape index (κ3) is 3.06. The third-order valence-electron chi connectivity index (χ3n) is 3.24. The Bertz CT molecular complexity index is 396. The molecule has 0 amide bonds. The van der Waals surface area contributed by atoms with Crippen LogP contribution in [0.3, 0.4) is 0 Å². The van der Waals surface area contributed by atoms with Crippen LogP contribution in [0.15, 0.2) is 11.4 Å². The van der Waals surface area contributed by atoms with Gasteiger partial charge in [0, 0.05) is 25.3 Å². The molecule has 1 aliphatic rings. The van der Waals surface area contributed by atoms with Crippen LogP contribution in [0.2, 0.25) is 0 Å². The quantitative estimate of drug-likeness (QED) is 0.865. The molecule has 0 spiro atoms. The third-order valence-corrected chi connectivity index (χ3v) is 4.19. The molecule has 0 saturated carbocycles. The predicted molar refractivity (Wildman–Crippen MR) is 66.6 cm³/mol. The number of nitrogens with one attached hydrogen (secondary N) is 1. The number of thiophene rings is 1. The summed E-state index contributed by atoms with van der Waals surface area (Å²) >= 11 is 1.28. The zero-order chi connectivity index (χ0) is 12.3. The molecule has 2 rings (SSSR count). The summed E-state index contributed by atoms with van der Waals surface area (Å²) < 4.78 is 5.33. The Kier molecular flexibility index (Phi) is 3.81. The first kappa shape index (κ1) is 12.5. The topological polar surface area (TPSA) is 58.6 Å². The molecule has 2 N–H and O–H groups in total. The molecule has 1 saturated heterocycles. The van der Waals surface area contributed by atoms with Crippen molar-refractivity contribution in [3.63, 3.8) is 0 Å². The number of carbonyl (C=O) groups is 1. The Morgan fingerprint density at radius 3 is 2.94 bits per heavy atom. The molecule has 0 unspecified atom stereocenters. The van der Waals surface area contributed by atoms with E-state index in [-0.39, 0.29) is 5.54 Å². The maximum Gasteiger partial charge on any atom is 0.346 e. The highest BCUT2D eigenvalue weighted by atomic mass is 32.1. The number of aromatic carboxylic acids is 1. The molecule has 4 nitrogen and oxygen atoms in total. The fourth-order valence-electron chi connectivity index (χ4n) is 1.97. The Morgan fingerprint density at radius 1 is 1.59 bits per heavy atom. The number of hydrogen-bond donors (Lipinski definition) is 2. The van der Waals surface area contributed by atoms with Gasteiger partial charge < -0.3 is 15.2 Å². The molecule has 5 heteroatoms. The van der Waals surface area contributed by atoms with Crippen molar-refractivity contribution in [2.75, 3.05) is 13.2 Å². The Balaban J connectivity index is 1.97. The van der Waals surface area contributed by atoms with Crippen LogP contribution < -0.4 is 5.32 Å². The van der Waals surface area contributed by atoms with Gasteiger partial charge in [-0.15, -0.1) is 11.3 Å². The molecule has 94 valence electrons. The number of hydrogen-bond acceptors (Lipinski definition) is 4. The average Bonchev–Trinajstić information content (AvgIpc) is 2.76. The van der Waals surface area contributed by atoms with Gasteiger partial charge in [-0.25, -0.2) is 4.79 Å². The van der Waals surface area contributed by atoms with E-state index in [0.717, 1.165) is 31.6 Å². The number of carboxylic acid groups (broad SMARTS) is 1. The monoisotopic (exact) mass is 255 g/mol. The van der Waals surface area contributed by atoms with E-state index in [1.807, 2.05) is 11.4 Å². The van der Waals surface area contributed by atoms with Gasteiger partial charge >= 0.3 is 5.97 Å². The zero-order valence-corrected chi connectivity index (χ0v) is 10.7. The molecule has 1 fully saturated rings. The molecule has 1 aliphatic heterocycles. The van der Waals surface area contributed by atoms with Crippen molar-refractivity contribution < 1.29 is 14.6 Å². The molecule has 0 aromatic carbocycles. The summed E-state index contributed by atoms with van der Waals surface area (Å²) in [6, 6.07) is 1.88. The number of rotatable bonds is 4. The Morgan fingerprint density at radius 2 is 2.29 bits per heavy atom. The zero-order valence-electron chi connectivity index (χ0n) is 9.86. The van der Waals surface area contributed by atoms with Gasteiger partial charge in [-0.2, -0.15) is 0 Å². The second-order valence-corrected chi connectivity index (χ2v) is 5.52. The van der Waals surface area contributed by atoms with Crippen molar-refractivity contribution in [2.45, 2.75) is 31.8 Å². The van der Waals surface area contributed by atoms with Gasteiger partial charge in [0.25, 0.3) is 0 Å². The van der Waals surface area contributed by atoms with Crippen LogP contribution in [-0.2, 0) is 11.3 Å². The van der Waals surface area contributed by atoms with E-state index in [1.54, 1.807) is 0 Å². The van der Waals surface area contributed by atoms with E-state index in [9.17, 15) is 4.79 Å². The van der Waals surface area contributed by atoms with Crippen molar-refractivity contribution >= 4 is 17.3 Å².